The molecular weight excluding hydrogens is 496 g/mol. The summed E-state index contributed by atoms with van der Waals surface area (Å²) in [5.74, 6) is 0.828. The minimum absolute atomic E-state index is 0.0272. The van der Waals surface area contributed by atoms with E-state index in [2.05, 4.69) is 49.5 Å². The van der Waals surface area contributed by atoms with Gasteiger partial charge in [-0.25, -0.2) is 9.97 Å². The van der Waals surface area contributed by atoms with Crippen LogP contribution in [0.25, 0.3) is 10.9 Å². The van der Waals surface area contributed by atoms with Gasteiger partial charge in [0.15, 0.2) is 0 Å². The first kappa shape index (κ1) is 26.6. The highest BCUT2D eigenvalue weighted by atomic mass is 16.5. The molecule has 0 saturated carbocycles. The van der Waals surface area contributed by atoms with Gasteiger partial charge in [0.2, 0.25) is 5.91 Å². The monoisotopic (exact) mass is 530 g/mol. The maximum absolute atomic E-state index is 12.9. The SMILES string of the molecule is CCOc1cc2ncnc(NC(C)c3ccccc3)c2cc1NC(=O)C=CCN1CCN2CC(=O)OCC2C1. The number of piperazine rings is 1. The quantitative estimate of drug-likeness (QED) is 0.318. The molecule has 0 bridgehead atoms. The second-order valence-corrected chi connectivity index (χ2v) is 9.76. The van der Waals surface area contributed by atoms with Crippen LogP contribution in [0.1, 0.15) is 25.5 Å². The van der Waals surface area contributed by atoms with Gasteiger partial charge in [-0.15, -0.1) is 0 Å². The Morgan fingerprint density at radius 1 is 1.23 bits per heavy atom. The Morgan fingerprint density at radius 2 is 2.08 bits per heavy atom. The number of aromatic nitrogens is 2. The first-order chi connectivity index (χ1) is 19.0. The summed E-state index contributed by atoms with van der Waals surface area (Å²) in [6.07, 6.45) is 4.93. The summed E-state index contributed by atoms with van der Waals surface area (Å²) in [6, 6.07) is 14.1. The van der Waals surface area contributed by atoms with Crippen molar-refractivity contribution in [1.82, 2.24) is 19.8 Å². The maximum atomic E-state index is 12.9. The number of fused-ring (bicyclic) bond motifs is 2. The van der Waals surface area contributed by atoms with Gasteiger partial charge in [-0.1, -0.05) is 36.4 Å². The molecule has 2 aromatic carbocycles. The Balaban J connectivity index is 1.27. The van der Waals surface area contributed by atoms with Gasteiger partial charge in [-0.3, -0.25) is 19.4 Å². The molecule has 10 heteroatoms. The Kier molecular flexibility index (Phi) is 8.33. The molecule has 2 atom stereocenters. The highest BCUT2D eigenvalue weighted by Crippen LogP contribution is 2.33. The summed E-state index contributed by atoms with van der Waals surface area (Å²) in [5, 5.41) is 7.23. The molecular formula is C29H34N6O4. The van der Waals surface area contributed by atoms with Crippen LogP contribution in [0, 0.1) is 0 Å². The third kappa shape index (κ3) is 6.52. The van der Waals surface area contributed by atoms with E-state index >= 15 is 0 Å². The number of hydrogen-bond donors (Lipinski definition) is 2. The fraction of sp³-hybridized carbons (Fsp3) is 0.379. The Hall–Kier alpha value is -4.02. The van der Waals surface area contributed by atoms with Crippen molar-refractivity contribution in [3.8, 4) is 5.75 Å². The number of nitrogens with zero attached hydrogens (tertiary/aromatic N) is 4. The Labute approximate surface area is 228 Å². The van der Waals surface area contributed by atoms with Gasteiger partial charge in [-0.05, 0) is 25.5 Å². The molecule has 0 aliphatic carbocycles. The lowest BCUT2D eigenvalue weighted by molar-refractivity contribution is -0.157. The lowest BCUT2D eigenvalue weighted by atomic mass is 10.1. The molecule has 3 aromatic rings. The smallest absolute Gasteiger partial charge is 0.320 e. The summed E-state index contributed by atoms with van der Waals surface area (Å²) in [6.45, 7) is 8.31. The molecule has 2 aliphatic heterocycles. The predicted octanol–water partition coefficient (Wildman–Crippen LogP) is 3.24. The molecule has 5 rings (SSSR count). The molecule has 0 radical (unpaired) electrons. The molecule has 1 amide bonds. The number of esters is 1. The molecule has 2 unspecified atom stereocenters. The number of morpholine rings is 1. The first-order valence-corrected chi connectivity index (χ1v) is 13.3. The molecule has 204 valence electrons. The van der Waals surface area contributed by atoms with Gasteiger partial charge in [0.1, 0.15) is 24.5 Å². The van der Waals surface area contributed by atoms with Crippen LogP contribution >= 0.6 is 0 Å². The number of anilines is 2. The molecule has 2 saturated heterocycles. The van der Waals surface area contributed by atoms with Crippen molar-refractivity contribution in [2.24, 2.45) is 0 Å². The summed E-state index contributed by atoms with van der Waals surface area (Å²) in [7, 11) is 0. The fourth-order valence-electron chi connectivity index (χ4n) is 4.97. The number of benzene rings is 2. The number of cyclic esters (lactones) is 1. The molecule has 1 aromatic heterocycles. The number of hydrogen-bond acceptors (Lipinski definition) is 9. The third-order valence-electron chi connectivity index (χ3n) is 7.04. The van der Waals surface area contributed by atoms with E-state index in [9.17, 15) is 9.59 Å². The van der Waals surface area contributed by atoms with Gasteiger partial charge in [0.25, 0.3) is 0 Å². The molecule has 2 fully saturated rings. The topological polar surface area (TPSA) is 109 Å². The number of amides is 1. The standard InChI is InChI=1S/C29H34N6O4/c1-3-38-26-15-24-23(29(31-19-30-24)32-20(2)21-8-5-4-6-9-21)14-25(26)33-27(36)10-7-11-34-12-13-35-17-28(37)39-18-22(35)16-34/h4-10,14-15,19-20,22H,3,11-13,16-18H2,1-2H3,(H,33,36)(H,30,31,32). The second kappa shape index (κ2) is 12.2. The van der Waals surface area contributed by atoms with E-state index in [0.29, 0.717) is 43.6 Å². The molecule has 39 heavy (non-hydrogen) atoms. The van der Waals surface area contributed by atoms with E-state index in [-0.39, 0.29) is 24.0 Å². The molecule has 2 N–H and O–H groups in total. The zero-order valence-electron chi connectivity index (χ0n) is 22.3. The van der Waals surface area contributed by atoms with Crippen molar-refractivity contribution in [2.45, 2.75) is 25.9 Å². The third-order valence-corrected chi connectivity index (χ3v) is 7.04. The fourth-order valence-corrected chi connectivity index (χ4v) is 4.97. The Bertz CT molecular complexity index is 1350. The van der Waals surface area contributed by atoms with E-state index in [4.69, 9.17) is 9.47 Å². The van der Waals surface area contributed by atoms with Crippen LogP contribution in [0.4, 0.5) is 11.5 Å². The zero-order valence-corrected chi connectivity index (χ0v) is 22.3. The van der Waals surface area contributed by atoms with Crippen LogP contribution in [0.15, 0.2) is 60.9 Å². The van der Waals surface area contributed by atoms with Crippen molar-refractivity contribution in [1.29, 1.82) is 0 Å². The van der Waals surface area contributed by atoms with Crippen LogP contribution in [0.5, 0.6) is 5.75 Å². The van der Waals surface area contributed by atoms with Crippen molar-refractivity contribution in [3.05, 3.63) is 66.5 Å². The lowest BCUT2D eigenvalue weighted by Gasteiger charge is -2.42. The number of nitrogens with one attached hydrogen (secondary N) is 2. The molecule has 2 aliphatic rings. The lowest BCUT2D eigenvalue weighted by Crippen LogP contribution is -2.59. The van der Waals surface area contributed by atoms with E-state index in [1.165, 1.54) is 6.33 Å². The van der Waals surface area contributed by atoms with Crippen LogP contribution in [-0.2, 0) is 14.3 Å². The molecule has 3 heterocycles. The van der Waals surface area contributed by atoms with Crippen molar-refractivity contribution < 1.29 is 19.1 Å². The van der Waals surface area contributed by atoms with E-state index in [1.54, 1.807) is 6.08 Å². The molecule has 0 spiro atoms. The van der Waals surface area contributed by atoms with Crippen LogP contribution < -0.4 is 15.4 Å². The number of carbonyl (C=O) groups is 2. The van der Waals surface area contributed by atoms with E-state index in [1.807, 2.05) is 43.3 Å². The largest absolute Gasteiger partial charge is 0.492 e. The van der Waals surface area contributed by atoms with Gasteiger partial charge >= 0.3 is 5.97 Å². The van der Waals surface area contributed by atoms with E-state index < -0.39 is 0 Å². The highest BCUT2D eigenvalue weighted by molar-refractivity contribution is 6.03. The highest BCUT2D eigenvalue weighted by Gasteiger charge is 2.32. The average molecular weight is 531 g/mol. The van der Waals surface area contributed by atoms with Gasteiger partial charge in [-0.2, -0.15) is 0 Å². The van der Waals surface area contributed by atoms with Crippen molar-refractivity contribution >= 4 is 34.3 Å². The minimum Gasteiger partial charge on any atom is -0.492 e. The normalized spacial score (nSPS) is 18.9. The number of rotatable bonds is 9. The number of carbonyl (C=O) groups excluding carboxylic acids is 2. The summed E-state index contributed by atoms with van der Waals surface area (Å²) >= 11 is 0. The zero-order chi connectivity index (χ0) is 27.2. The predicted molar refractivity (Wildman–Crippen MR) is 150 cm³/mol. The van der Waals surface area contributed by atoms with Crippen LogP contribution in [0.3, 0.4) is 0 Å². The number of ether oxygens (including phenoxy) is 2. The molecule has 10 nitrogen and oxygen atoms in total. The van der Waals surface area contributed by atoms with Gasteiger partial charge < -0.3 is 20.1 Å². The van der Waals surface area contributed by atoms with Gasteiger partial charge in [0, 0.05) is 49.7 Å². The van der Waals surface area contributed by atoms with Crippen LogP contribution in [-0.4, -0.2) is 83.6 Å². The first-order valence-electron chi connectivity index (χ1n) is 13.3. The van der Waals surface area contributed by atoms with Gasteiger partial charge in [0.05, 0.1) is 30.4 Å². The minimum atomic E-state index is -0.246. The summed E-state index contributed by atoms with van der Waals surface area (Å²) in [4.78, 5) is 37.7. The average Bonchev–Trinajstić information content (AvgIpc) is 2.94. The Morgan fingerprint density at radius 3 is 2.90 bits per heavy atom. The van der Waals surface area contributed by atoms with E-state index in [0.717, 1.165) is 36.1 Å². The summed E-state index contributed by atoms with van der Waals surface area (Å²) < 4.78 is 11.0. The summed E-state index contributed by atoms with van der Waals surface area (Å²) in [5.41, 5.74) is 2.42. The maximum Gasteiger partial charge on any atom is 0.320 e. The van der Waals surface area contributed by atoms with Crippen molar-refractivity contribution in [2.75, 3.05) is 56.6 Å². The second-order valence-electron chi connectivity index (χ2n) is 9.76. The van der Waals surface area contributed by atoms with Crippen LogP contribution in [0.2, 0.25) is 0 Å². The van der Waals surface area contributed by atoms with Crippen molar-refractivity contribution in [3.63, 3.8) is 0 Å².